The Morgan fingerprint density at radius 1 is 1.05 bits per heavy atom. The van der Waals surface area contributed by atoms with Gasteiger partial charge < -0.3 is 9.47 Å². The van der Waals surface area contributed by atoms with Crippen LogP contribution in [0.1, 0.15) is 45.2 Å². The first-order valence-electron chi connectivity index (χ1n) is 7.77. The van der Waals surface area contributed by atoms with Gasteiger partial charge in [-0.15, -0.1) is 0 Å². The van der Waals surface area contributed by atoms with Crippen LogP contribution in [0.15, 0.2) is 30.3 Å². The van der Waals surface area contributed by atoms with Gasteiger partial charge in [-0.3, -0.25) is 4.90 Å². The van der Waals surface area contributed by atoms with E-state index in [1.807, 2.05) is 13.8 Å². The molecule has 0 amide bonds. The van der Waals surface area contributed by atoms with Crippen LogP contribution in [0.3, 0.4) is 0 Å². The summed E-state index contributed by atoms with van der Waals surface area (Å²) >= 11 is 0. The summed E-state index contributed by atoms with van der Waals surface area (Å²) in [6.07, 6.45) is 1.90. The predicted molar refractivity (Wildman–Crippen MR) is 81.6 cm³/mol. The van der Waals surface area contributed by atoms with Gasteiger partial charge in [0.25, 0.3) is 0 Å². The van der Waals surface area contributed by atoms with E-state index in [0.29, 0.717) is 19.3 Å². The van der Waals surface area contributed by atoms with E-state index in [1.165, 1.54) is 5.56 Å². The van der Waals surface area contributed by atoms with Gasteiger partial charge in [0, 0.05) is 45.2 Å². The monoisotopic (exact) mass is 277 g/mol. The molecule has 0 N–H and O–H groups in total. The quantitative estimate of drug-likeness (QED) is 0.741. The molecule has 3 nitrogen and oxygen atoms in total. The summed E-state index contributed by atoms with van der Waals surface area (Å²) in [5.41, 5.74) is 1.38. The van der Waals surface area contributed by atoms with E-state index in [9.17, 15) is 0 Å². The highest BCUT2D eigenvalue weighted by Gasteiger charge is 2.37. The first-order valence-corrected chi connectivity index (χ1v) is 7.77. The van der Waals surface area contributed by atoms with Crippen LogP contribution < -0.4 is 0 Å². The fourth-order valence-electron chi connectivity index (χ4n) is 3.05. The van der Waals surface area contributed by atoms with E-state index < -0.39 is 0 Å². The number of likely N-dealkylation sites (tertiary alicyclic amines) is 1. The second-order valence-corrected chi connectivity index (χ2v) is 5.40. The van der Waals surface area contributed by atoms with E-state index >= 15 is 0 Å². The van der Waals surface area contributed by atoms with Gasteiger partial charge in [-0.2, -0.15) is 0 Å². The van der Waals surface area contributed by atoms with E-state index in [2.05, 4.69) is 42.2 Å². The zero-order chi connectivity index (χ0) is 14.4. The van der Waals surface area contributed by atoms with Crippen LogP contribution in [0.4, 0.5) is 0 Å². The highest BCUT2D eigenvalue weighted by atomic mass is 16.7. The smallest absolute Gasteiger partial charge is 0.170 e. The molecule has 1 atom stereocenters. The second-order valence-electron chi connectivity index (χ2n) is 5.40. The normalized spacial score (nSPS) is 20.8. The third-order valence-corrected chi connectivity index (χ3v) is 4.20. The van der Waals surface area contributed by atoms with Gasteiger partial charge in [0.1, 0.15) is 0 Å². The van der Waals surface area contributed by atoms with Gasteiger partial charge >= 0.3 is 0 Å². The molecule has 1 heterocycles. The number of hydrogen-bond donors (Lipinski definition) is 0. The molecule has 0 radical (unpaired) electrons. The average Bonchev–Trinajstić information content (AvgIpc) is 2.49. The molecule has 112 valence electrons. The van der Waals surface area contributed by atoms with E-state index in [1.54, 1.807) is 0 Å². The summed E-state index contributed by atoms with van der Waals surface area (Å²) in [5.74, 6) is -0.351. The molecule has 1 fully saturated rings. The lowest BCUT2D eigenvalue weighted by Gasteiger charge is -2.43. The van der Waals surface area contributed by atoms with Crippen LogP contribution in [0.2, 0.25) is 0 Å². The molecule has 0 unspecified atom stereocenters. The molecule has 3 heteroatoms. The Balaban J connectivity index is 1.96. The second kappa shape index (κ2) is 7.21. The fraction of sp³-hybridized carbons (Fsp3) is 0.647. The number of benzene rings is 1. The first kappa shape index (κ1) is 15.5. The molecule has 0 bridgehead atoms. The van der Waals surface area contributed by atoms with Gasteiger partial charge in [0.2, 0.25) is 0 Å². The Labute approximate surface area is 122 Å². The Hall–Kier alpha value is -0.900. The summed E-state index contributed by atoms with van der Waals surface area (Å²) in [4.78, 5) is 2.52. The maximum Gasteiger partial charge on any atom is 0.170 e. The maximum atomic E-state index is 5.90. The number of rotatable bonds is 6. The summed E-state index contributed by atoms with van der Waals surface area (Å²) in [7, 11) is 0. The third kappa shape index (κ3) is 3.60. The molecule has 0 spiro atoms. The van der Waals surface area contributed by atoms with Gasteiger partial charge in [0.05, 0.1) is 0 Å². The van der Waals surface area contributed by atoms with Gasteiger partial charge in [-0.25, -0.2) is 0 Å². The Morgan fingerprint density at radius 3 is 2.10 bits per heavy atom. The largest absolute Gasteiger partial charge is 0.350 e. The molecule has 1 aromatic rings. The SMILES string of the molecule is CCOC1(OCC)CCN([C@@H](C)c2ccccc2)CC1. The molecule has 0 aliphatic carbocycles. The van der Waals surface area contributed by atoms with E-state index in [-0.39, 0.29) is 5.79 Å². The van der Waals surface area contributed by atoms with Crippen molar-refractivity contribution < 1.29 is 9.47 Å². The van der Waals surface area contributed by atoms with Crippen LogP contribution in [0, 0.1) is 0 Å². The third-order valence-electron chi connectivity index (χ3n) is 4.20. The molecular weight excluding hydrogens is 250 g/mol. The Kier molecular flexibility index (Phi) is 5.58. The van der Waals surface area contributed by atoms with Gasteiger partial charge in [0.15, 0.2) is 5.79 Å². The Morgan fingerprint density at radius 2 is 1.60 bits per heavy atom. The van der Waals surface area contributed by atoms with Crippen molar-refractivity contribution in [3.63, 3.8) is 0 Å². The van der Waals surface area contributed by atoms with Crippen molar-refractivity contribution in [3.05, 3.63) is 35.9 Å². The molecular formula is C17H27NO2. The van der Waals surface area contributed by atoms with Crippen molar-refractivity contribution in [2.75, 3.05) is 26.3 Å². The van der Waals surface area contributed by atoms with Crippen LogP contribution in [0.25, 0.3) is 0 Å². The zero-order valence-electron chi connectivity index (χ0n) is 13.0. The van der Waals surface area contributed by atoms with Crippen molar-refractivity contribution in [3.8, 4) is 0 Å². The summed E-state index contributed by atoms with van der Waals surface area (Å²) < 4.78 is 11.8. The van der Waals surface area contributed by atoms with Crippen LogP contribution in [-0.4, -0.2) is 37.0 Å². The van der Waals surface area contributed by atoms with Crippen molar-refractivity contribution in [2.24, 2.45) is 0 Å². The minimum absolute atomic E-state index is 0.351. The van der Waals surface area contributed by atoms with Crippen LogP contribution in [-0.2, 0) is 9.47 Å². The molecule has 0 saturated carbocycles. The molecule has 1 aliphatic heterocycles. The number of hydrogen-bond acceptors (Lipinski definition) is 3. The molecule has 1 aromatic carbocycles. The summed E-state index contributed by atoms with van der Waals surface area (Å²) in [5, 5.41) is 0. The minimum atomic E-state index is -0.351. The minimum Gasteiger partial charge on any atom is -0.350 e. The Bertz CT molecular complexity index is 377. The lowest BCUT2D eigenvalue weighted by atomic mass is 9.99. The van der Waals surface area contributed by atoms with Gasteiger partial charge in [-0.05, 0) is 26.3 Å². The molecule has 20 heavy (non-hydrogen) atoms. The molecule has 2 rings (SSSR count). The predicted octanol–water partition coefficient (Wildman–Crippen LogP) is 3.61. The van der Waals surface area contributed by atoms with Crippen molar-refractivity contribution >= 4 is 0 Å². The highest BCUT2D eigenvalue weighted by molar-refractivity contribution is 5.18. The summed E-state index contributed by atoms with van der Waals surface area (Å²) in [6.45, 7) is 9.85. The molecule has 0 aromatic heterocycles. The molecule has 1 aliphatic rings. The summed E-state index contributed by atoms with van der Waals surface area (Å²) in [6, 6.07) is 11.2. The maximum absolute atomic E-state index is 5.90. The zero-order valence-corrected chi connectivity index (χ0v) is 13.0. The standard InChI is InChI=1S/C17H27NO2/c1-4-19-17(20-5-2)11-13-18(14-12-17)15(3)16-9-7-6-8-10-16/h6-10,15H,4-5,11-14H2,1-3H3/t15-/m0/s1. The van der Waals surface area contributed by atoms with Crippen molar-refractivity contribution in [1.82, 2.24) is 4.90 Å². The first-order chi connectivity index (χ1) is 9.71. The lowest BCUT2D eigenvalue weighted by Crippen LogP contribution is -2.48. The average molecular weight is 277 g/mol. The fourth-order valence-corrected chi connectivity index (χ4v) is 3.05. The van der Waals surface area contributed by atoms with Crippen molar-refractivity contribution in [1.29, 1.82) is 0 Å². The van der Waals surface area contributed by atoms with Gasteiger partial charge in [-0.1, -0.05) is 30.3 Å². The lowest BCUT2D eigenvalue weighted by molar-refractivity contribution is -0.254. The number of piperidine rings is 1. The topological polar surface area (TPSA) is 21.7 Å². The van der Waals surface area contributed by atoms with Crippen molar-refractivity contribution in [2.45, 2.75) is 45.4 Å². The number of nitrogens with zero attached hydrogens (tertiary/aromatic N) is 1. The number of ether oxygens (including phenoxy) is 2. The highest BCUT2D eigenvalue weighted by Crippen LogP contribution is 2.32. The van der Waals surface area contributed by atoms with Crippen LogP contribution in [0.5, 0.6) is 0 Å². The molecule has 1 saturated heterocycles. The van der Waals surface area contributed by atoms with E-state index in [4.69, 9.17) is 9.47 Å². The van der Waals surface area contributed by atoms with Crippen LogP contribution >= 0.6 is 0 Å². The van der Waals surface area contributed by atoms with E-state index in [0.717, 1.165) is 25.9 Å².